The molecule has 0 saturated heterocycles. The number of hydrogen-bond donors (Lipinski definition) is 0. The van der Waals surface area contributed by atoms with Crippen LogP contribution in [0.2, 0.25) is 0 Å². The molecule has 2 aromatic rings. The fourth-order valence-electron chi connectivity index (χ4n) is 1.68. The summed E-state index contributed by atoms with van der Waals surface area (Å²) in [7, 11) is 0. The smallest absolute Gasteiger partial charge is 0.00610 e. The summed E-state index contributed by atoms with van der Waals surface area (Å²) in [5, 5.41) is 0. The van der Waals surface area contributed by atoms with Gasteiger partial charge in [-0.3, -0.25) is 0 Å². The Morgan fingerprint density at radius 1 is 0.591 bits per heavy atom. The van der Waals surface area contributed by atoms with E-state index in [0.717, 1.165) is 0 Å². The molecule has 2 aromatic carbocycles. The van der Waals surface area contributed by atoms with Crippen molar-refractivity contribution in [1.82, 2.24) is 0 Å². The third-order valence-electron chi connectivity index (χ3n) is 2.60. The molecule has 0 heterocycles. The van der Waals surface area contributed by atoms with Crippen molar-refractivity contribution in [3.05, 3.63) is 71.8 Å². The lowest BCUT2D eigenvalue weighted by Crippen LogP contribution is -1.94. The number of benzene rings is 2. The molecule has 0 nitrogen and oxygen atoms in total. The highest BCUT2D eigenvalue weighted by Gasteiger charge is 2.05. The van der Waals surface area contributed by atoms with Crippen LogP contribution in [0.15, 0.2) is 60.7 Å². The quantitative estimate of drug-likeness (QED) is 0.590. The summed E-state index contributed by atoms with van der Waals surface area (Å²) in [5.41, 5.74) is 2.75. The highest BCUT2D eigenvalue weighted by Crippen LogP contribution is 2.22. The fourth-order valence-corrected chi connectivity index (χ4v) is 1.68. The third-order valence-corrected chi connectivity index (χ3v) is 2.60. The zero-order valence-electron chi connectivity index (χ0n) is 15.2. The monoisotopic (exact) mass is 336 g/mol. The van der Waals surface area contributed by atoms with Crippen molar-refractivity contribution in [2.24, 2.45) is 0 Å². The summed E-state index contributed by atoms with van der Waals surface area (Å²) in [6.07, 6.45) is 8.17. The second kappa shape index (κ2) is 18.2. The van der Waals surface area contributed by atoms with E-state index < -0.39 is 0 Å². The van der Waals surface area contributed by atoms with Crippen molar-refractivity contribution in [3.8, 4) is 0 Å². The summed E-state index contributed by atoms with van der Waals surface area (Å²) in [6, 6.07) is 21.2. The molecule has 2 rings (SSSR count). The molecule has 0 unspecified atom stereocenters. The van der Waals surface area contributed by atoms with Gasteiger partial charge in [0.05, 0.1) is 0 Å². The van der Waals surface area contributed by atoms with Crippen molar-refractivity contribution < 1.29 is 0 Å². The van der Waals surface area contributed by atoms with Gasteiger partial charge in [-0.2, -0.15) is 23.5 Å². The van der Waals surface area contributed by atoms with Crippen LogP contribution in [0.5, 0.6) is 0 Å². The summed E-state index contributed by atoms with van der Waals surface area (Å²) >= 11 is 3.50. The van der Waals surface area contributed by atoms with Crippen LogP contribution < -0.4 is 0 Å². The molecule has 0 bridgehead atoms. The molecule has 0 amide bonds. The molecule has 0 aromatic heterocycles. The van der Waals surface area contributed by atoms with Crippen LogP contribution in [0.25, 0.3) is 0 Å². The van der Waals surface area contributed by atoms with E-state index in [1.807, 2.05) is 38.9 Å². The van der Waals surface area contributed by atoms with Gasteiger partial charge in [-0.15, -0.1) is 0 Å². The second-order valence-corrected chi connectivity index (χ2v) is 5.99. The van der Waals surface area contributed by atoms with E-state index in [1.165, 1.54) is 11.1 Å². The summed E-state index contributed by atoms with van der Waals surface area (Å²) < 4.78 is 0. The van der Waals surface area contributed by atoms with Crippen LogP contribution >= 0.6 is 23.5 Å². The van der Waals surface area contributed by atoms with Crippen molar-refractivity contribution in [2.45, 2.75) is 26.7 Å². The van der Waals surface area contributed by atoms with Crippen molar-refractivity contribution in [3.63, 3.8) is 0 Å². The van der Waals surface area contributed by atoms with E-state index in [9.17, 15) is 0 Å². The van der Waals surface area contributed by atoms with Crippen LogP contribution in [0.3, 0.4) is 0 Å². The molecule has 0 aliphatic rings. The summed E-state index contributed by atoms with van der Waals surface area (Å²) in [4.78, 5) is 0. The molecule has 0 spiro atoms. The Bertz CT molecular complexity index is 371. The Kier molecular flexibility index (Phi) is 19.4. The maximum atomic E-state index is 2.24. The lowest BCUT2D eigenvalue weighted by atomic mass is 9.93. The van der Waals surface area contributed by atoms with E-state index >= 15 is 0 Å². The average molecular weight is 337 g/mol. The van der Waals surface area contributed by atoms with E-state index in [4.69, 9.17) is 0 Å². The Hall–Kier alpha value is -0.860. The maximum absolute atomic E-state index is 2.24. The van der Waals surface area contributed by atoms with Gasteiger partial charge in [-0.1, -0.05) is 81.4 Å². The highest BCUT2D eigenvalue weighted by molar-refractivity contribution is 7.98. The molecule has 0 aliphatic heterocycles. The third kappa shape index (κ3) is 11.8. The van der Waals surface area contributed by atoms with Gasteiger partial charge in [0.1, 0.15) is 0 Å². The highest BCUT2D eigenvalue weighted by atomic mass is 32.2. The first-order valence-corrected chi connectivity index (χ1v) is 10.9. The van der Waals surface area contributed by atoms with Crippen LogP contribution in [0.4, 0.5) is 0 Å². The Morgan fingerprint density at radius 2 is 0.818 bits per heavy atom. The van der Waals surface area contributed by atoms with E-state index in [0.29, 0.717) is 5.92 Å². The van der Waals surface area contributed by atoms with Gasteiger partial charge < -0.3 is 0 Å². The molecule has 0 fully saturated rings. The van der Waals surface area contributed by atoms with Gasteiger partial charge in [0.2, 0.25) is 0 Å². The molecule has 2 heteroatoms. The molecule has 0 aliphatic carbocycles. The van der Waals surface area contributed by atoms with Gasteiger partial charge >= 0.3 is 0 Å². The Balaban J connectivity index is 0. The van der Waals surface area contributed by atoms with E-state index in [1.54, 1.807) is 23.5 Å². The van der Waals surface area contributed by atoms with E-state index in [2.05, 4.69) is 67.6 Å². The predicted molar refractivity (Wildman–Crippen MR) is 111 cm³/mol. The van der Waals surface area contributed by atoms with Crippen molar-refractivity contribution in [2.75, 3.05) is 25.0 Å². The molecular weight excluding hydrogens is 304 g/mol. The van der Waals surface area contributed by atoms with Gasteiger partial charge in [-0.05, 0) is 36.1 Å². The van der Waals surface area contributed by atoms with Gasteiger partial charge in [0.25, 0.3) is 0 Å². The van der Waals surface area contributed by atoms with Crippen LogP contribution in [0.1, 0.15) is 37.8 Å². The second-order valence-electron chi connectivity index (χ2n) is 4.36. The fraction of sp³-hybridized carbons (Fsp3) is 0.400. The molecular formula is C20H32S2. The minimum atomic E-state index is 0.484. The molecule has 22 heavy (non-hydrogen) atoms. The predicted octanol–water partition coefficient (Wildman–Crippen LogP) is 6.82. The zero-order chi connectivity index (χ0) is 17.2. The minimum Gasteiger partial charge on any atom is -0.169 e. The minimum absolute atomic E-state index is 0.484. The SMILES string of the molecule is CC.CC(c1ccccc1)c1ccccc1.CSC.CSC. The Morgan fingerprint density at radius 3 is 1.05 bits per heavy atom. The Labute approximate surface area is 147 Å². The average Bonchev–Trinajstić information content (AvgIpc) is 2.59. The first kappa shape index (κ1) is 23.4. The van der Waals surface area contributed by atoms with Gasteiger partial charge in [-0.25, -0.2) is 0 Å². The molecule has 0 saturated carbocycles. The zero-order valence-corrected chi connectivity index (χ0v) is 16.8. The molecule has 0 N–H and O–H groups in total. The van der Waals surface area contributed by atoms with Crippen molar-refractivity contribution in [1.29, 1.82) is 0 Å². The topological polar surface area (TPSA) is 0 Å². The number of rotatable bonds is 2. The normalized spacial score (nSPS) is 8.55. The van der Waals surface area contributed by atoms with E-state index in [-0.39, 0.29) is 0 Å². The maximum Gasteiger partial charge on any atom is 0.00610 e. The largest absolute Gasteiger partial charge is 0.169 e. The summed E-state index contributed by atoms with van der Waals surface area (Å²) in [6.45, 7) is 6.24. The lowest BCUT2D eigenvalue weighted by molar-refractivity contribution is 0.922. The van der Waals surface area contributed by atoms with Gasteiger partial charge in [0.15, 0.2) is 0 Å². The van der Waals surface area contributed by atoms with Crippen LogP contribution in [-0.2, 0) is 0 Å². The number of thioether (sulfide) groups is 2. The standard InChI is InChI=1S/C14H14.2C2H6S.C2H6/c1-12(13-8-4-2-5-9-13)14-10-6-3-7-11-14;2*1-3-2;1-2/h2-12H,1H3;2*1-2H3;1-2H3. The first-order valence-electron chi connectivity index (χ1n) is 7.61. The molecule has 0 radical (unpaired) electrons. The van der Waals surface area contributed by atoms with Gasteiger partial charge in [0, 0.05) is 5.92 Å². The van der Waals surface area contributed by atoms with Crippen molar-refractivity contribution >= 4 is 23.5 Å². The lowest BCUT2D eigenvalue weighted by Gasteiger charge is -2.11. The van der Waals surface area contributed by atoms with Crippen LogP contribution in [-0.4, -0.2) is 25.0 Å². The first-order chi connectivity index (χ1) is 10.7. The summed E-state index contributed by atoms with van der Waals surface area (Å²) in [5.74, 6) is 0.484. The molecule has 0 atom stereocenters. The number of hydrogen-bond acceptors (Lipinski definition) is 2. The molecule has 124 valence electrons. The van der Waals surface area contributed by atoms with Crippen LogP contribution in [0, 0.1) is 0 Å².